The van der Waals surface area contributed by atoms with Crippen molar-refractivity contribution in [3.63, 3.8) is 0 Å². The van der Waals surface area contributed by atoms with E-state index in [-0.39, 0.29) is 22.0 Å². The molecule has 0 unspecified atom stereocenters. The van der Waals surface area contributed by atoms with Crippen LogP contribution in [0.5, 0.6) is 5.75 Å². The molecule has 0 atom stereocenters. The first-order chi connectivity index (χ1) is 10.4. The van der Waals surface area contributed by atoms with E-state index in [1.807, 2.05) is 0 Å². The van der Waals surface area contributed by atoms with Gasteiger partial charge in [0.2, 0.25) is 0 Å². The van der Waals surface area contributed by atoms with Crippen molar-refractivity contribution in [3.8, 4) is 5.75 Å². The molecule has 0 aliphatic heterocycles. The summed E-state index contributed by atoms with van der Waals surface area (Å²) >= 11 is 5.91. The molecule has 0 fully saturated rings. The normalized spacial score (nSPS) is 11.1. The SMILES string of the molecule is O=C(Nc1ccccc1OCC(F)(F)F)c1ccccc1Cl. The van der Waals surface area contributed by atoms with E-state index >= 15 is 0 Å². The summed E-state index contributed by atoms with van der Waals surface area (Å²) in [6.07, 6.45) is -4.46. The molecule has 2 aromatic rings. The minimum absolute atomic E-state index is 0.0692. The third-order valence-electron chi connectivity index (χ3n) is 2.65. The van der Waals surface area contributed by atoms with Crippen LogP contribution >= 0.6 is 11.6 Å². The molecule has 7 heteroatoms. The number of hydrogen-bond donors (Lipinski definition) is 1. The highest BCUT2D eigenvalue weighted by atomic mass is 35.5. The number of amides is 1. The van der Waals surface area contributed by atoms with Gasteiger partial charge in [0.05, 0.1) is 16.3 Å². The van der Waals surface area contributed by atoms with Crippen molar-refractivity contribution >= 4 is 23.2 Å². The molecule has 0 heterocycles. The van der Waals surface area contributed by atoms with Gasteiger partial charge in [0.1, 0.15) is 5.75 Å². The zero-order valence-corrected chi connectivity index (χ0v) is 11.9. The van der Waals surface area contributed by atoms with Gasteiger partial charge in [-0.2, -0.15) is 13.2 Å². The Labute approximate surface area is 129 Å². The van der Waals surface area contributed by atoms with Crippen LogP contribution in [0.1, 0.15) is 10.4 Å². The predicted octanol–water partition coefficient (Wildman–Crippen LogP) is 4.53. The van der Waals surface area contributed by atoms with Crippen LogP contribution in [-0.4, -0.2) is 18.7 Å². The highest BCUT2D eigenvalue weighted by Crippen LogP contribution is 2.27. The number of nitrogens with one attached hydrogen (secondary N) is 1. The van der Waals surface area contributed by atoms with Gasteiger partial charge in [-0.25, -0.2) is 0 Å². The Hall–Kier alpha value is -2.21. The first-order valence-corrected chi connectivity index (χ1v) is 6.59. The van der Waals surface area contributed by atoms with Crippen molar-refractivity contribution in [2.75, 3.05) is 11.9 Å². The Morgan fingerprint density at radius 2 is 1.73 bits per heavy atom. The van der Waals surface area contributed by atoms with E-state index in [2.05, 4.69) is 5.32 Å². The number of hydrogen-bond acceptors (Lipinski definition) is 2. The summed E-state index contributed by atoms with van der Waals surface area (Å²) in [5, 5.41) is 2.73. The van der Waals surface area contributed by atoms with E-state index in [9.17, 15) is 18.0 Å². The third kappa shape index (κ3) is 4.39. The summed E-state index contributed by atoms with van der Waals surface area (Å²) < 4.78 is 41.4. The molecule has 0 aliphatic rings. The number of carbonyl (C=O) groups excluding carboxylic acids is 1. The monoisotopic (exact) mass is 329 g/mol. The van der Waals surface area contributed by atoms with Crippen LogP contribution in [0.25, 0.3) is 0 Å². The fourth-order valence-electron chi connectivity index (χ4n) is 1.69. The lowest BCUT2D eigenvalue weighted by molar-refractivity contribution is -0.153. The molecular formula is C15H11ClF3NO2. The van der Waals surface area contributed by atoms with Crippen LogP contribution in [0, 0.1) is 0 Å². The topological polar surface area (TPSA) is 38.3 Å². The van der Waals surface area contributed by atoms with Crippen molar-refractivity contribution in [3.05, 3.63) is 59.1 Å². The third-order valence-corrected chi connectivity index (χ3v) is 2.97. The lowest BCUT2D eigenvalue weighted by Crippen LogP contribution is -2.20. The standard InChI is InChI=1S/C15H11ClF3NO2/c16-11-6-2-1-5-10(11)14(21)20-12-7-3-4-8-13(12)22-9-15(17,18)19/h1-8H,9H2,(H,20,21). The van der Waals surface area contributed by atoms with Gasteiger partial charge >= 0.3 is 6.18 Å². The van der Waals surface area contributed by atoms with E-state index < -0.39 is 18.7 Å². The predicted molar refractivity (Wildman–Crippen MR) is 77.4 cm³/mol. The number of benzene rings is 2. The van der Waals surface area contributed by atoms with Gasteiger partial charge in [0.15, 0.2) is 6.61 Å². The Morgan fingerprint density at radius 1 is 1.09 bits per heavy atom. The van der Waals surface area contributed by atoms with Crippen molar-refractivity contribution in [2.24, 2.45) is 0 Å². The van der Waals surface area contributed by atoms with E-state index in [0.29, 0.717) is 0 Å². The summed E-state index contributed by atoms with van der Waals surface area (Å²) in [4.78, 5) is 12.1. The number of rotatable bonds is 4. The van der Waals surface area contributed by atoms with Crippen LogP contribution in [0.4, 0.5) is 18.9 Å². The summed E-state index contributed by atoms with van der Waals surface area (Å²) in [7, 11) is 0. The quantitative estimate of drug-likeness (QED) is 0.894. The maximum atomic E-state index is 12.2. The van der Waals surface area contributed by atoms with Gasteiger partial charge in [-0.3, -0.25) is 4.79 Å². The largest absolute Gasteiger partial charge is 0.482 e. The van der Waals surface area contributed by atoms with E-state index in [0.717, 1.165) is 0 Å². The number of halogens is 4. The van der Waals surface area contributed by atoms with Crippen molar-refractivity contribution in [2.45, 2.75) is 6.18 Å². The van der Waals surface area contributed by atoms with Crippen LogP contribution in [0.2, 0.25) is 5.02 Å². The first kappa shape index (κ1) is 16.2. The van der Waals surface area contributed by atoms with Gasteiger partial charge in [-0.05, 0) is 24.3 Å². The lowest BCUT2D eigenvalue weighted by Gasteiger charge is -2.14. The van der Waals surface area contributed by atoms with Crippen LogP contribution < -0.4 is 10.1 Å². The average Bonchev–Trinajstić information content (AvgIpc) is 2.46. The zero-order chi connectivity index (χ0) is 16.2. The fourth-order valence-corrected chi connectivity index (χ4v) is 1.91. The van der Waals surface area contributed by atoms with E-state index in [1.165, 1.54) is 24.3 Å². The molecular weight excluding hydrogens is 319 g/mol. The van der Waals surface area contributed by atoms with Gasteiger partial charge in [0, 0.05) is 0 Å². The minimum atomic E-state index is -4.46. The Kier molecular flexibility index (Phi) is 4.92. The van der Waals surface area contributed by atoms with Gasteiger partial charge < -0.3 is 10.1 Å². The number of anilines is 1. The Morgan fingerprint density at radius 3 is 2.41 bits per heavy atom. The molecule has 0 spiro atoms. The molecule has 0 bridgehead atoms. The van der Waals surface area contributed by atoms with Gasteiger partial charge in [-0.15, -0.1) is 0 Å². The molecule has 2 aromatic carbocycles. The molecule has 3 nitrogen and oxygen atoms in total. The lowest BCUT2D eigenvalue weighted by atomic mass is 10.2. The Balaban J connectivity index is 2.16. The number of ether oxygens (including phenoxy) is 1. The molecule has 1 N–H and O–H groups in total. The Bertz CT molecular complexity index is 674. The van der Waals surface area contributed by atoms with Crippen molar-refractivity contribution in [1.29, 1.82) is 0 Å². The molecule has 0 aromatic heterocycles. The maximum absolute atomic E-state index is 12.2. The molecule has 0 saturated carbocycles. The molecule has 1 amide bonds. The highest BCUT2D eigenvalue weighted by Gasteiger charge is 2.29. The maximum Gasteiger partial charge on any atom is 0.422 e. The van der Waals surface area contributed by atoms with E-state index in [4.69, 9.17) is 16.3 Å². The fraction of sp³-hybridized carbons (Fsp3) is 0.133. The zero-order valence-electron chi connectivity index (χ0n) is 11.2. The summed E-state index contributed by atoms with van der Waals surface area (Å²) in [5.41, 5.74) is 0.353. The van der Waals surface area contributed by atoms with Crippen molar-refractivity contribution in [1.82, 2.24) is 0 Å². The number of para-hydroxylation sites is 2. The van der Waals surface area contributed by atoms with E-state index in [1.54, 1.807) is 24.3 Å². The highest BCUT2D eigenvalue weighted by molar-refractivity contribution is 6.34. The average molecular weight is 330 g/mol. The first-order valence-electron chi connectivity index (χ1n) is 6.21. The van der Waals surface area contributed by atoms with Crippen molar-refractivity contribution < 1.29 is 22.7 Å². The van der Waals surface area contributed by atoms with Crippen LogP contribution in [-0.2, 0) is 0 Å². The second-order valence-electron chi connectivity index (χ2n) is 4.33. The second kappa shape index (κ2) is 6.70. The molecule has 116 valence electrons. The molecule has 2 rings (SSSR count). The molecule has 0 saturated heterocycles. The summed E-state index contributed by atoms with van der Waals surface area (Å²) in [5.74, 6) is -0.603. The van der Waals surface area contributed by atoms with Crippen LogP contribution in [0.15, 0.2) is 48.5 Å². The number of alkyl halides is 3. The molecule has 0 radical (unpaired) electrons. The summed E-state index contributed by atoms with van der Waals surface area (Å²) in [6.45, 7) is -1.44. The molecule has 0 aliphatic carbocycles. The molecule has 22 heavy (non-hydrogen) atoms. The summed E-state index contributed by atoms with van der Waals surface area (Å²) in [6, 6.07) is 12.2. The minimum Gasteiger partial charge on any atom is -0.482 e. The second-order valence-corrected chi connectivity index (χ2v) is 4.74. The van der Waals surface area contributed by atoms with Gasteiger partial charge in [-0.1, -0.05) is 35.9 Å². The van der Waals surface area contributed by atoms with Gasteiger partial charge in [0.25, 0.3) is 5.91 Å². The smallest absolute Gasteiger partial charge is 0.422 e. The number of carbonyl (C=O) groups is 1. The van der Waals surface area contributed by atoms with Crippen LogP contribution in [0.3, 0.4) is 0 Å².